The number of ether oxygens (including phenoxy) is 1. The van der Waals surface area contributed by atoms with Crippen molar-refractivity contribution < 1.29 is 18.9 Å². The highest BCUT2D eigenvalue weighted by molar-refractivity contribution is 6.47. The van der Waals surface area contributed by atoms with Crippen molar-refractivity contribution in [3.8, 4) is 5.75 Å². The summed E-state index contributed by atoms with van der Waals surface area (Å²) in [7, 11) is 0.135. The van der Waals surface area contributed by atoms with Crippen LogP contribution >= 0.6 is 0 Å². The predicted octanol–water partition coefficient (Wildman–Crippen LogP) is 1.69. The molecule has 0 aliphatic carbocycles. The Morgan fingerprint density at radius 1 is 1.30 bits per heavy atom. The van der Waals surface area contributed by atoms with Crippen LogP contribution < -0.4 is 10.2 Å². The Labute approximate surface area is 120 Å². The number of hydrogen-bond donors (Lipinski definition) is 1. The second-order valence-corrected chi connectivity index (χ2v) is 6.36. The van der Waals surface area contributed by atoms with Crippen molar-refractivity contribution in [2.75, 3.05) is 6.61 Å². The highest BCUT2D eigenvalue weighted by Crippen LogP contribution is 2.26. The van der Waals surface area contributed by atoms with E-state index in [0.29, 0.717) is 17.8 Å². The summed E-state index contributed by atoms with van der Waals surface area (Å²) in [5.74, 6) is 0.316. The van der Waals surface area contributed by atoms with E-state index in [1.54, 1.807) is 27.7 Å². The summed E-state index contributed by atoms with van der Waals surface area (Å²) in [6.07, 6.45) is 1.85. The highest BCUT2D eigenvalue weighted by Gasteiger charge is 2.36. The lowest BCUT2D eigenvalue weighted by atomic mass is 9.81. The van der Waals surface area contributed by atoms with Gasteiger partial charge in [0.15, 0.2) is 0 Å². The molecule has 0 radical (unpaired) electrons. The summed E-state index contributed by atoms with van der Waals surface area (Å²) in [5.41, 5.74) is -0.226. The first-order valence-corrected chi connectivity index (χ1v) is 7.01. The maximum absolute atomic E-state index is 14.0. The molecule has 3 nitrogen and oxygen atoms in total. The molecule has 0 fully saturated rings. The topological polar surface area (TPSA) is 38.7 Å². The number of halogens is 1. The Balaban J connectivity index is 2.14. The average Bonchev–Trinajstić information content (AvgIpc) is 2.35. The second kappa shape index (κ2) is 5.37. The minimum Gasteiger partial charge on any atom is -0.493 e. The highest BCUT2D eigenvalue weighted by atomic mass is 19.1. The fourth-order valence-corrected chi connectivity index (χ4v) is 1.97. The fourth-order valence-electron chi connectivity index (χ4n) is 1.97. The van der Waals surface area contributed by atoms with E-state index >= 15 is 0 Å². The third-order valence-electron chi connectivity index (χ3n) is 4.14. The maximum Gasteiger partial charge on any atom is 0.312 e. The zero-order valence-electron chi connectivity index (χ0n) is 12.6. The molecule has 0 saturated carbocycles. The summed E-state index contributed by atoms with van der Waals surface area (Å²) in [6.45, 7) is 7.61. The molecule has 110 valence electrons. The summed E-state index contributed by atoms with van der Waals surface area (Å²) >= 11 is 0. The van der Waals surface area contributed by atoms with Gasteiger partial charge in [0.1, 0.15) is 11.6 Å². The van der Waals surface area contributed by atoms with Crippen molar-refractivity contribution in [2.24, 2.45) is 0 Å². The van der Waals surface area contributed by atoms with Crippen LogP contribution in [0.5, 0.6) is 5.75 Å². The van der Waals surface area contributed by atoms with E-state index in [-0.39, 0.29) is 13.3 Å². The number of aryl methyl sites for hydroxylation is 1. The summed E-state index contributed by atoms with van der Waals surface area (Å²) in [5, 5.41) is 10.0. The van der Waals surface area contributed by atoms with Gasteiger partial charge in [0.2, 0.25) is 0 Å². The first kappa shape index (κ1) is 15.3. The van der Waals surface area contributed by atoms with Gasteiger partial charge in [-0.05, 0) is 51.6 Å². The van der Waals surface area contributed by atoms with Gasteiger partial charge in [-0.1, -0.05) is 6.07 Å². The molecule has 20 heavy (non-hydrogen) atoms. The van der Waals surface area contributed by atoms with Crippen LogP contribution in [0.4, 0.5) is 4.39 Å². The van der Waals surface area contributed by atoms with E-state index in [0.717, 1.165) is 18.4 Å². The van der Waals surface area contributed by atoms with Crippen molar-refractivity contribution in [3.05, 3.63) is 23.5 Å². The molecule has 0 saturated heterocycles. The van der Waals surface area contributed by atoms with Crippen LogP contribution in [0.1, 0.15) is 39.7 Å². The Kier molecular flexibility index (Phi) is 4.12. The van der Waals surface area contributed by atoms with Crippen molar-refractivity contribution in [3.63, 3.8) is 0 Å². The van der Waals surface area contributed by atoms with Gasteiger partial charge in [-0.3, -0.25) is 0 Å². The number of rotatable bonds is 4. The van der Waals surface area contributed by atoms with Crippen LogP contribution in [0.2, 0.25) is 0 Å². The van der Waals surface area contributed by atoms with E-state index in [1.165, 1.54) is 6.07 Å². The standard InChI is InChI=1S/C15H22BFO3/c1-14(2,18)15(3,4)20-16-11-8-10-6-5-7-19-13(10)9-12(11)17/h8-9,16,18H,5-7H2,1-4H3. The maximum atomic E-state index is 14.0. The minimum absolute atomic E-state index is 0.135. The van der Waals surface area contributed by atoms with Crippen LogP contribution in [-0.4, -0.2) is 30.4 Å². The molecule has 0 amide bonds. The summed E-state index contributed by atoms with van der Waals surface area (Å²) in [4.78, 5) is 0. The minimum atomic E-state index is -0.999. The van der Waals surface area contributed by atoms with Crippen molar-refractivity contribution in [1.29, 1.82) is 0 Å². The van der Waals surface area contributed by atoms with E-state index < -0.39 is 11.2 Å². The molecule has 0 spiro atoms. The SMILES string of the molecule is CC(C)(O)C(C)(C)OBc1cc2c(cc1F)OCCC2. The zero-order valence-corrected chi connectivity index (χ0v) is 12.6. The average molecular weight is 280 g/mol. The molecule has 1 aromatic carbocycles. The number of benzene rings is 1. The van der Waals surface area contributed by atoms with Crippen molar-refractivity contribution in [1.82, 2.24) is 0 Å². The first-order valence-electron chi connectivity index (χ1n) is 7.01. The summed E-state index contributed by atoms with van der Waals surface area (Å²) in [6, 6.07) is 3.24. The molecule has 0 aromatic heterocycles. The lowest BCUT2D eigenvalue weighted by Gasteiger charge is -2.37. The Hall–Kier alpha value is -1.07. The normalized spacial score (nSPS) is 15.5. The van der Waals surface area contributed by atoms with Gasteiger partial charge < -0.3 is 14.5 Å². The van der Waals surface area contributed by atoms with Crippen LogP contribution in [0.3, 0.4) is 0 Å². The third kappa shape index (κ3) is 3.15. The number of hydrogen-bond acceptors (Lipinski definition) is 3. The number of aliphatic hydroxyl groups is 1. The van der Waals surface area contributed by atoms with E-state index in [2.05, 4.69) is 0 Å². The summed E-state index contributed by atoms with van der Waals surface area (Å²) < 4.78 is 25.2. The van der Waals surface area contributed by atoms with Crippen LogP contribution in [0, 0.1) is 5.82 Å². The largest absolute Gasteiger partial charge is 0.493 e. The molecule has 0 unspecified atom stereocenters. The molecule has 1 N–H and O–H groups in total. The van der Waals surface area contributed by atoms with Crippen LogP contribution in [0.15, 0.2) is 12.1 Å². The third-order valence-corrected chi connectivity index (χ3v) is 4.14. The van der Waals surface area contributed by atoms with E-state index in [1.807, 2.05) is 6.07 Å². The molecular weight excluding hydrogens is 258 g/mol. The molecular formula is C15H22BFO3. The molecule has 1 aliphatic heterocycles. The van der Waals surface area contributed by atoms with E-state index in [4.69, 9.17) is 9.39 Å². The smallest absolute Gasteiger partial charge is 0.312 e. The molecule has 0 atom stereocenters. The molecule has 1 aromatic rings. The van der Waals surface area contributed by atoms with Crippen LogP contribution in [-0.2, 0) is 11.1 Å². The molecule has 5 heteroatoms. The molecule has 1 heterocycles. The monoisotopic (exact) mass is 280 g/mol. The Morgan fingerprint density at radius 3 is 2.65 bits per heavy atom. The van der Waals surface area contributed by atoms with Gasteiger partial charge in [0.25, 0.3) is 0 Å². The van der Waals surface area contributed by atoms with E-state index in [9.17, 15) is 9.50 Å². The second-order valence-electron chi connectivity index (χ2n) is 6.36. The van der Waals surface area contributed by atoms with Gasteiger partial charge in [0, 0.05) is 6.07 Å². The van der Waals surface area contributed by atoms with Crippen molar-refractivity contribution in [2.45, 2.75) is 51.7 Å². The fraction of sp³-hybridized carbons (Fsp3) is 0.600. The van der Waals surface area contributed by atoms with Gasteiger partial charge in [0.05, 0.1) is 17.8 Å². The molecule has 0 bridgehead atoms. The van der Waals surface area contributed by atoms with Crippen LogP contribution in [0.25, 0.3) is 0 Å². The first-order chi connectivity index (χ1) is 9.21. The predicted molar refractivity (Wildman–Crippen MR) is 78.5 cm³/mol. The van der Waals surface area contributed by atoms with Gasteiger partial charge in [-0.25, -0.2) is 4.39 Å². The lowest BCUT2D eigenvalue weighted by Crippen LogP contribution is -2.49. The molecule has 2 rings (SSSR count). The number of fused-ring (bicyclic) bond motifs is 1. The Morgan fingerprint density at radius 2 is 2.00 bits per heavy atom. The quantitative estimate of drug-likeness (QED) is 0.853. The van der Waals surface area contributed by atoms with Gasteiger partial charge in [-0.15, -0.1) is 0 Å². The Bertz CT molecular complexity index is 495. The molecule has 1 aliphatic rings. The zero-order chi connectivity index (χ0) is 15.0. The lowest BCUT2D eigenvalue weighted by molar-refractivity contribution is -0.0893. The van der Waals surface area contributed by atoms with Gasteiger partial charge >= 0.3 is 7.48 Å². The van der Waals surface area contributed by atoms with Crippen molar-refractivity contribution >= 4 is 12.9 Å². The van der Waals surface area contributed by atoms with Gasteiger partial charge in [-0.2, -0.15) is 0 Å².